The van der Waals surface area contributed by atoms with E-state index >= 15 is 0 Å². The fourth-order valence-electron chi connectivity index (χ4n) is 2.14. The first-order valence-electron chi connectivity index (χ1n) is 6.60. The van der Waals surface area contributed by atoms with E-state index in [0.717, 1.165) is 5.56 Å². The first-order valence-corrected chi connectivity index (χ1v) is 6.98. The zero-order chi connectivity index (χ0) is 16.1. The molecule has 0 atom stereocenters. The molecule has 0 saturated heterocycles. The molecule has 0 unspecified atom stereocenters. The van der Waals surface area contributed by atoms with Crippen molar-refractivity contribution in [1.29, 1.82) is 5.26 Å². The minimum absolute atomic E-state index is 0.0335. The van der Waals surface area contributed by atoms with Crippen LogP contribution in [-0.4, -0.2) is 16.9 Å². The summed E-state index contributed by atoms with van der Waals surface area (Å²) in [7, 11) is 1.91. The van der Waals surface area contributed by atoms with Crippen LogP contribution in [0.25, 0.3) is 0 Å². The summed E-state index contributed by atoms with van der Waals surface area (Å²) in [6, 6.07) is 13.8. The van der Waals surface area contributed by atoms with Crippen molar-refractivity contribution in [2.75, 3.05) is 7.05 Å². The number of rotatable bonds is 5. The third-order valence-corrected chi connectivity index (χ3v) is 3.58. The summed E-state index contributed by atoms with van der Waals surface area (Å²) in [5.74, 6) is 0. The number of hydrogen-bond donors (Lipinski definition) is 0. The van der Waals surface area contributed by atoms with Gasteiger partial charge in [-0.1, -0.05) is 23.7 Å². The lowest BCUT2D eigenvalue weighted by molar-refractivity contribution is -0.384. The highest BCUT2D eigenvalue weighted by Crippen LogP contribution is 2.23. The van der Waals surface area contributed by atoms with Crippen molar-refractivity contribution in [3.63, 3.8) is 0 Å². The predicted molar refractivity (Wildman–Crippen MR) is 84.4 cm³/mol. The van der Waals surface area contributed by atoms with Gasteiger partial charge in [0.25, 0.3) is 5.69 Å². The van der Waals surface area contributed by atoms with Gasteiger partial charge in [-0.15, -0.1) is 0 Å². The molecule has 0 aromatic heterocycles. The summed E-state index contributed by atoms with van der Waals surface area (Å²) in [6.07, 6.45) is 0. The average Bonchev–Trinajstić information content (AvgIpc) is 2.50. The Balaban J connectivity index is 2.08. The minimum Gasteiger partial charge on any atom is -0.298 e. The Morgan fingerprint density at radius 2 is 1.91 bits per heavy atom. The number of nitrogens with zero attached hydrogens (tertiary/aromatic N) is 3. The molecule has 22 heavy (non-hydrogen) atoms. The lowest BCUT2D eigenvalue weighted by Crippen LogP contribution is -2.17. The Morgan fingerprint density at radius 1 is 1.23 bits per heavy atom. The summed E-state index contributed by atoms with van der Waals surface area (Å²) in [6.45, 7) is 1.16. The molecule has 2 aromatic carbocycles. The van der Waals surface area contributed by atoms with E-state index in [4.69, 9.17) is 16.9 Å². The summed E-state index contributed by atoms with van der Waals surface area (Å²) >= 11 is 6.10. The molecule has 0 aliphatic heterocycles. The highest BCUT2D eigenvalue weighted by Gasteiger charge is 2.11. The van der Waals surface area contributed by atoms with E-state index in [1.165, 1.54) is 12.1 Å². The quantitative estimate of drug-likeness (QED) is 0.622. The molecular formula is C16H14ClN3O2. The fraction of sp³-hybridized carbons (Fsp3) is 0.188. The second-order valence-corrected chi connectivity index (χ2v) is 5.42. The molecule has 0 aliphatic rings. The van der Waals surface area contributed by atoms with E-state index < -0.39 is 4.92 Å². The summed E-state index contributed by atoms with van der Waals surface area (Å²) in [4.78, 5) is 12.4. The second-order valence-electron chi connectivity index (χ2n) is 5.01. The van der Waals surface area contributed by atoms with Gasteiger partial charge in [0.2, 0.25) is 0 Å². The smallest absolute Gasteiger partial charge is 0.269 e. The fourth-order valence-corrected chi connectivity index (χ4v) is 2.32. The summed E-state index contributed by atoms with van der Waals surface area (Å²) < 4.78 is 0. The molecular weight excluding hydrogens is 302 g/mol. The molecule has 5 nitrogen and oxygen atoms in total. The Morgan fingerprint density at radius 3 is 2.50 bits per heavy atom. The number of benzene rings is 2. The zero-order valence-corrected chi connectivity index (χ0v) is 12.7. The van der Waals surface area contributed by atoms with Crippen LogP contribution in [0.4, 0.5) is 5.69 Å². The minimum atomic E-state index is -0.430. The molecule has 0 heterocycles. The van der Waals surface area contributed by atoms with E-state index in [1.54, 1.807) is 18.2 Å². The number of nitriles is 1. The van der Waals surface area contributed by atoms with Gasteiger partial charge in [-0.2, -0.15) is 5.26 Å². The number of nitro benzene ring substituents is 1. The Bertz CT molecular complexity index is 723. The summed E-state index contributed by atoms with van der Waals surface area (Å²) in [5, 5.41) is 20.1. The van der Waals surface area contributed by atoms with Gasteiger partial charge in [0.05, 0.1) is 16.6 Å². The molecule has 2 rings (SSSR count). The molecule has 0 amide bonds. The van der Waals surface area contributed by atoms with Crippen LogP contribution in [0, 0.1) is 21.4 Å². The monoisotopic (exact) mass is 315 g/mol. The highest BCUT2D eigenvalue weighted by molar-refractivity contribution is 6.31. The van der Waals surface area contributed by atoms with Gasteiger partial charge < -0.3 is 0 Å². The van der Waals surface area contributed by atoms with Crippen LogP contribution < -0.4 is 0 Å². The van der Waals surface area contributed by atoms with Gasteiger partial charge in [-0.25, -0.2) is 0 Å². The molecule has 0 spiro atoms. The van der Waals surface area contributed by atoms with E-state index in [-0.39, 0.29) is 5.69 Å². The third kappa shape index (κ3) is 4.04. The first-order chi connectivity index (χ1) is 10.5. The molecule has 0 aliphatic carbocycles. The Hall–Kier alpha value is -2.42. The first kappa shape index (κ1) is 16.0. The van der Waals surface area contributed by atoms with Crippen LogP contribution in [0.2, 0.25) is 5.02 Å². The molecule has 0 N–H and O–H groups in total. The average molecular weight is 316 g/mol. The molecule has 0 saturated carbocycles. The summed E-state index contributed by atoms with van der Waals surface area (Å²) in [5.41, 5.74) is 2.43. The van der Waals surface area contributed by atoms with Crippen molar-refractivity contribution >= 4 is 17.3 Å². The van der Waals surface area contributed by atoms with Crippen molar-refractivity contribution in [2.45, 2.75) is 13.1 Å². The van der Waals surface area contributed by atoms with E-state index in [9.17, 15) is 10.1 Å². The van der Waals surface area contributed by atoms with Crippen LogP contribution in [0.3, 0.4) is 0 Å². The maximum Gasteiger partial charge on any atom is 0.269 e. The van der Waals surface area contributed by atoms with Crippen molar-refractivity contribution in [3.8, 4) is 6.07 Å². The van der Waals surface area contributed by atoms with Gasteiger partial charge in [0, 0.05) is 30.2 Å². The molecule has 0 radical (unpaired) electrons. The number of nitro groups is 1. The largest absolute Gasteiger partial charge is 0.298 e. The van der Waals surface area contributed by atoms with Crippen LogP contribution in [0.5, 0.6) is 0 Å². The predicted octanol–water partition coefficient (Wildman–Crippen LogP) is 3.75. The molecule has 0 fully saturated rings. The maximum atomic E-state index is 10.8. The second kappa shape index (κ2) is 7.03. The van der Waals surface area contributed by atoms with Crippen molar-refractivity contribution in [2.24, 2.45) is 0 Å². The highest BCUT2D eigenvalue weighted by atomic mass is 35.5. The SMILES string of the molecule is CN(Cc1ccc(C#N)cc1)Cc1cc([N+](=O)[O-])ccc1Cl. The third-order valence-electron chi connectivity index (χ3n) is 3.22. The van der Waals surface area contributed by atoms with Crippen molar-refractivity contribution < 1.29 is 4.92 Å². The molecule has 112 valence electrons. The van der Waals surface area contributed by atoms with Gasteiger partial charge >= 0.3 is 0 Å². The zero-order valence-electron chi connectivity index (χ0n) is 12.0. The topological polar surface area (TPSA) is 70.2 Å². The van der Waals surface area contributed by atoms with Crippen LogP contribution in [-0.2, 0) is 13.1 Å². The van der Waals surface area contributed by atoms with Gasteiger partial charge in [-0.05, 0) is 36.4 Å². The lowest BCUT2D eigenvalue weighted by Gasteiger charge is -2.17. The van der Waals surface area contributed by atoms with Crippen LogP contribution >= 0.6 is 11.6 Å². The normalized spacial score (nSPS) is 10.5. The van der Waals surface area contributed by atoms with Gasteiger partial charge in [0.1, 0.15) is 0 Å². The Kier molecular flexibility index (Phi) is 5.10. The van der Waals surface area contributed by atoms with Gasteiger partial charge in [0.15, 0.2) is 0 Å². The van der Waals surface area contributed by atoms with Gasteiger partial charge in [-0.3, -0.25) is 15.0 Å². The molecule has 6 heteroatoms. The molecule has 0 bridgehead atoms. The van der Waals surface area contributed by atoms with E-state index in [1.807, 2.05) is 24.1 Å². The lowest BCUT2D eigenvalue weighted by atomic mass is 10.1. The van der Waals surface area contributed by atoms with Crippen LogP contribution in [0.15, 0.2) is 42.5 Å². The van der Waals surface area contributed by atoms with Crippen molar-refractivity contribution in [1.82, 2.24) is 4.90 Å². The number of non-ortho nitro benzene ring substituents is 1. The van der Waals surface area contributed by atoms with E-state index in [2.05, 4.69) is 6.07 Å². The van der Waals surface area contributed by atoms with Crippen LogP contribution in [0.1, 0.15) is 16.7 Å². The standard InChI is InChI=1S/C16H14ClN3O2/c1-19(10-13-4-2-12(9-18)3-5-13)11-14-8-15(20(21)22)6-7-16(14)17/h2-8H,10-11H2,1H3. The number of halogens is 1. The van der Waals surface area contributed by atoms with Crippen molar-refractivity contribution in [3.05, 3.63) is 74.3 Å². The molecule has 2 aromatic rings. The van der Waals surface area contributed by atoms with E-state index in [0.29, 0.717) is 29.2 Å². The number of hydrogen-bond acceptors (Lipinski definition) is 4. The Labute approximate surface area is 133 Å². The maximum absolute atomic E-state index is 10.8.